The average molecular weight is 1250 g/mol. The lowest BCUT2D eigenvalue weighted by molar-refractivity contribution is -0.870. The molecule has 0 aromatic rings. The van der Waals surface area contributed by atoms with Gasteiger partial charge in [-0.05, 0) is 109 Å². The fraction of sp³-hybridized carbons (Fsp3) is 0.718. The Morgan fingerprint density at radius 2 is 0.648 bits per heavy atom. The van der Waals surface area contributed by atoms with Gasteiger partial charge < -0.3 is 18.9 Å². The average Bonchev–Trinajstić information content (AvgIpc) is 3.68. The third kappa shape index (κ3) is 71.5. The molecule has 0 heterocycles. The normalized spacial score (nSPS) is 13.8. The Balaban J connectivity index is 4.07. The number of carbonyl (C=O) groups is 2. The zero-order valence-electron chi connectivity index (χ0n) is 57.7. The van der Waals surface area contributed by atoms with E-state index < -0.39 is 26.5 Å². The van der Waals surface area contributed by atoms with E-state index in [1.807, 2.05) is 21.1 Å². The second kappa shape index (κ2) is 67.8. The molecule has 2 unspecified atom stereocenters. The van der Waals surface area contributed by atoms with Crippen LogP contribution in [0.1, 0.15) is 309 Å². The van der Waals surface area contributed by atoms with Crippen LogP contribution < -0.4 is 0 Å². The number of hydrogen-bond donors (Lipinski definition) is 1. The van der Waals surface area contributed by atoms with Gasteiger partial charge in [0.2, 0.25) is 0 Å². The number of ether oxygens (including phenoxy) is 2. The van der Waals surface area contributed by atoms with E-state index in [1.54, 1.807) is 0 Å². The molecule has 0 aromatic carbocycles. The van der Waals surface area contributed by atoms with Gasteiger partial charge in [-0.2, -0.15) is 0 Å². The minimum absolute atomic E-state index is 0.0214. The van der Waals surface area contributed by atoms with Gasteiger partial charge in [0.15, 0.2) is 6.10 Å². The van der Waals surface area contributed by atoms with Crippen LogP contribution in [0.4, 0.5) is 0 Å². The maximum atomic E-state index is 12.9. The molecule has 0 aromatic heterocycles. The van der Waals surface area contributed by atoms with Gasteiger partial charge >= 0.3 is 19.8 Å². The van der Waals surface area contributed by atoms with Gasteiger partial charge in [-0.1, -0.05) is 309 Å². The second-order valence-corrected chi connectivity index (χ2v) is 26.7. The fourth-order valence-corrected chi connectivity index (χ4v) is 10.7. The topological polar surface area (TPSA) is 108 Å². The Hall–Kier alpha value is -3.59. The molecule has 0 aliphatic heterocycles. The molecule has 0 aliphatic rings. The summed E-state index contributed by atoms with van der Waals surface area (Å²) in [5.74, 6) is -0.823. The van der Waals surface area contributed by atoms with Crippen molar-refractivity contribution in [2.24, 2.45) is 0 Å². The largest absolute Gasteiger partial charge is 0.472 e. The Morgan fingerprint density at radius 3 is 0.966 bits per heavy atom. The van der Waals surface area contributed by atoms with Crippen molar-refractivity contribution in [2.45, 2.75) is 315 Å². The molecule has 2 atom stereocenters. The molecule has 1 N–H and O–H groups in total. The van der Waals surface area contributed by atoms with E-state index in [1.165, 1.54) is 173 Å². The SMILES string of the molecule is CC/C=C\C/C=C\C/C=C\C/C=C\C/C=C\C/C=C\C/C=C\C/C=C\CCCCCCC(=O)OC(COC(=O)CCCCCCCCCCCCCCCCCCCCCCCCC/C=C\C/C=C\CCCCCCC)COP(=O)(O)OCC[N+](C)(C)C. The van der Waals surface area contributed by atoms with E-state index in [2.05, 4.69) is 135 Å². The first-order valence-corrected chi connectivity index (χ1v) is 37.8. The summed E-state index contributed by atoms with van der Waals surface area (Å²) < 4.78 is 34.7. The molecule has 0 radical (unpaired) electrons. The molecule has 0 saturated heterocycles. The number of carbonyl (C=O) groups excluding carboxylic acids is 2. The molecule has 0 saturated carbocycles. The van der Waals surface area contributed by atoms with E-state index in [0.29, 0.717) is 17.4 Å². The minimum Gasteiger partial charge on any atom is -0.462 e. The quantitative estimate of drug-likeness (QED) is 0.0211. The van der Waals surface area contributed by atoms with Crippen LogP contribution >= 0.6 is 7.82 Å². The predicted octanol–water partition coefficient (Wildman–Crippen LogP) is 23.8. The van der Waals surface area contributed by atoms with Gasteiger partial charge in [0.25, 0.3) is 0 Å². The highest BCUT2D eigenvalue weighted by Gasteiger charge is 2.27. The zero-order valence-corrected chi connectivity index (χ0v) is 58.6. The van der Waals surface area contributed by atoms with Crippen LogP contribution in [0, 0.1) is 0 Å². The van der Waals surface area contributed by atoms with Crippen molar-refractivity contribution < 1.29 is 42.1 Å². The highest BCUT2D eigenvalue weighted by atomic mass is 31.2. The van der Waals surface area contributed by atoms with Crippen molar-refractivity contribution in [1.82, 2.24) is 0 Å². The van der Waals surface area contributed by atoms with Crippen LogP contribution in [0.3, 0.4) is 0 Å². The number of nitrogens with zero attached hydrogens (tertiary/aromatic N) is 1. The number of allylic oxidation sites excluding steroid dienone is 20. The predicted molar refractivity (Wildman–Crippen MR) is 381 cm³/mol. The summed E-state index contributed by atoms with van der Waals surface area (Å²) in [6.45, 7) is 4.30. The smallest absolute Gasteiger partial charge is 0.462 e. The number of likely N-dealkylation sites (N-methyl/N-ethyl adjacent to an activating group) is 1. The molecule has 0 aliphatic carbocycles. The van der Waals surface area contributed by atoms with Crippen LogP contribution in [-0.2, 0) is 32.7 Å². The first-order chi connectivity index (χ1) is 43.0. The van der Waals surface area contributed by atoms with Gasteiger partial charge in [0.1, 0.15) is 19.8 Å². The molecule has 10 heteroatoms. The first kappa shape index (κ1) is 84.4. The van der Waals surface area contributed by atoms with E-state index in [-0.39, 0.29) is 32.0 Å². The molecule has 0 bridgehead atoms. The van der Waals surface area contributed by atoms with E-state index in [9.17, 15) is 19.0 Å². The van der Waals surface area contributed by atoms with Gasteiger partial charge in [-0.3, -0.25) is 18.6 Å². The summed E-state index contributed by atoms with van der Waals surface area (Å²) in [5.41, 5.74) is 0. The Bertz CT molecular complexity index is 1900. The lowest BCUT2D eigenvalue weighted by atomic mass is 10.0. The van der Waals surface area contributed by atoms with Gasteiger partial charge in [-0.25, -0.2) is 4.57 Å². The van der Waals surface area contributed by atoms with Crippen LogP contribution in [0.5, 0.6) is 0 Å². The molecule has 0 spiro atoms. The number of phosphoric acid groups is 1. The van der Waals surface area contributed by atoms with E-state index in [0.717, 1.165) is 103 Å². The van der Waals surface area contributed by atoms with Crippen LogP contribution in [-0.4, -0.2) is 74.9 Å². The molecule has 9 nitrogen and oxygen atoms in total. The molecule has 88 heavy (non-hydrogen) atoms. The minimum atomic E-state index is -4.41. The third-order valence-corrected chi connectivity index (χ3v) is 16.5. The van der Waals surface area contributed by atoms with Crippen molar-refractivity contribution in [2.75, 3.05) is 47.5 Å². The number of quaternary nitrogens is 1. The van der Waals surface area contributed by atoms with E-state index >= 15 is 0 Å². The summed E-state index contributed by atoms with van der Waals surface area (Å²) in [6.07, 6.45) is 97.5. The monoisotopic (exact) mass is 1250 g/mol. The van der Waals surface area contributed by atoms with Gasteiger partial charge in [0.05, 0.1) is 27.7 Å². The third-order valence-electron chi connectivity index (χ3n) is 15.5. The number of phosphoric ester groups is 1. The van der Waals surface area contributed by atoms with Gasteiger partial charge in [0, 0.05) is 12.8 Å². The lowest BCUT2D eigenvalue weighted by Crippen LogP contribution is -2.37. The molecular weight excluding hydrogens is 1110 g/mol. The maximum absolute atomic E-state index is 12.9. The lowest BCUT2D eigenvalue weighted by Gasteiger charge is -2.24. The maximum Gasteiger partial charge on any atom is 0.472 e. The summed E-state index contributed by atoms with van der Waals surface area (Å²) in [4.78, 5) is 35.9. The van der Waals surface area contributed by atoms with Gasteiger partial charge in [-0.15, -0.1) is 0 Å². The number of esters is 2. The number of unbranched alkanes of at least 4 members (excludes halogenated alkanes) is 32. The number of rotatable bonds is 66. The molecule has 0 fully saturated rings. The Labute approximate surface area is 543 Å². The van der Waals surface area contributed by atoms with Crippen LogP contribution in [0.15, 0.2) is 122 Å². The molecule has 0 amide bonds. The van der Waals surface area contributed by atoms with Crippen molar-refractivity contribution in [3.63, 3.8) is 0 Å². The summed E-state index contributed by atoms with van der Waals surface area (Å²) in [6, 6.07) is 0. The fourth-order valence-electron chi connectivity index (χ4n) is 9.95. The first-order valence-electron chi connectivity index (χ1n) is 36.3. The molecule has 0 rings (SSSR count). The Morgan fingerprint density at radius 1 is 0.364 bits per heavy atom. The van der Waals surface area contributed by atoms with E-state index in [4.69, 9.17) is 18.5 Å². The second-order valence-electron chi connectivity index (χ2n) is 25.2. The summed E-state index contributed by atoms with van der Waals surface area (Å²) in [5, 5.41) is 0. The molecular formula is C78H137NO8P+. The van der Waals surface area contributed by atoms with Crippen molar-refractivity contribution in [3.8, 4) is 0 Å². The van der Waals surface area contributed by atoms with Crippen molar-refractivity contribution in [1.29, 1.82) is 0 Å². The summed E-state index contributed by atoms with van der Waals surface area (Å²) in [7, 11) is 1.45. The molecule has 506 valence electrons. The van der Waals surface area contributed by atoms with Crippen LogP contribution in [0.25, 0.3) is 0 Å². The van der Waals surface area contributed by atoms with Crippen molar-refractivity contribution in [3.05, 3.63) is 122 Å². The highest BCUT2D eigenvalue weighted by molar-refractivity contribution is 7.47. The van der Waals surface area contributed by atoms with Crippen LogP contribution in [0.2, 0.25) is 0 Å². The zero-order chi connectivity index (χ0) is 64.1. The standard InChI is InChI=1S/C78H136NO8P/c1-6-8-10-12-14-16-18-20-22-24-26-28-30-32-34-36-37-38-39-40-41-43-44-46-48-50-52-54-56-58-60-62-64-66-68-70-77(80)84-74-76(75-86-88(82,83)85-73-72-79(3,4)5)87-78(81)71-69-67-65-63-61-59-57-55-53-51-49-47-45-42-35-33-31-29-27-25-23-21-19-17-15-13-11-9-7-2/h9,11,15,17-18,20-21,23-24,26-27,29,33,35,45,47,51,53,57,59,76H,6-8,10,12-14,16,19,22,25,28,30-32,34,36-44,46,48-50,52,54-56,58,60-75H2,1-5H3/p+1/b11-9-,17-15-,20-18-,23-21-,26-24-,29-27-,35-33-,47-45-,53-51-,59-57-. The Kier molecular flexibility index (Phi) is 65.0. The van der Waals surface area contributed by atoms with Crippen molar-refractivity contribution >= 4 is 19.8 Å². The highest BCUT2D eigenvalue weighted by Crippen LogP contribution is 2.43. The number of hydrogen-bond acceptors (Lipinski definition) is 7. The summed E-state index contributed by atoms with van der Waals surface area (Å²) >= 11 is 0.